The number of rotatable bonds is 4. The van der Waals surface area contributed by atoms with E-state index in [1.807, 2.05) is 42.5 Å². The Bertz CT molecular complexity index is 570. The summed E-state index contributed by atoms with van der Waals surface area (Å²) in [6, 6.07) is 13.6. The SMILES string of the molecule is CC(C)(C)c1ccc(C(=O)CSc2ccccn2)cc1. The van der Waals surface area contributed by atoms with Crippen molar-refractivity contribution in [3.8, 4) is 0 Å². The van der Waals surface area contributed by atoms with Gasteiger partial charge in [-0.15, -0.1) is 0 Å². The third kappa shape index (κ3) is 3.94. The Morgan fingerprint density at radius 1 is 1.10 bits per heavy atom. The van der Waals surface area contributed by atoms with Crippen LogP contribution in [0.3, 0.4) is 0 Å². The Morgan fingerprint density at radius 3 is 2.35 bits per heavy atom. The Labute approximate surface area is 124 Å². The first kappa shape index (κ1) is 14.8. The number of carbonyl (C=O) groups excluding carboxylic acids is 1. The van der Waals surface area contributed by atoms with Gasteiger partial charge in [0, 0.05) is 11.8 Å². The minimum atomic E-state index is 0.115. The highest BCUT2D eigenvalue weighted by Crippen LogP contribution is 2.23. The minimum absolute atomic E-state index is 0.115. The molecule has 0 atom stereocenters. The second kappa shape index (κ2) is 6.23. The maximum Gasteiger partial charge on any atom is 0.173 e. The molecule has 0 aliphatic rings. The van der Waals surface area contributed by atoms with E-state index in [-0.39, 0.29) is 11.2 Å². The maximum absolute atomic E-state index is 12.1. The van der Waals surface area contributed by atoms with Crippen molar-refractivity contribution in [1.29, 1.82) is 0 Å². The van der Waals surface area contributed by atoms with Crippen LogP contribution in [0.4, 0.5) is 0 Å². The van der Waals surface area contributed by atoms with Crippen molar-refractivity contribution in [2.24, 2.45) is 0 Å². The highest BCUT2D eigenvalue weighted by Gasteiger charge is 2.14. The summed E-state index contributed by atoms with van der Waals surface area (Å²) in [4.78, 5) is 16.3. The van der Waals surface area contributed by atoms with Crippen molar-refractivity contribution >= 4 is 17.5 Å². The molecule has 0 N–H and O–H groups in total. The van der Waals surface area contributed by atoms with Crippen LogP contribution in [0.25, 0.3) is 0 Å². The molecule has 1 aromatic heterocycles. The number of nitrogens with zero attached hydrogens (tertiary/aromatic N) is 1. The van der Waals surface area contributed by atoms with Gasteiger partial charge in [-0.1, -0.05) is 62.9 Å². The summed E-state index contributed by atoms with van der Waals surface area (Å²) >= 11 is 1.47. The van der Waals surface area contributed by atoms with E-state index < -0.39 is 0 Å². The van der Waals surface area contributed by atoms with Crippen LogP contribution in [0.2, 0.25) is 0 Å². The Balaban J connectivity index is 1.99. The third-order valence-corrected chi connectivity index (χ3v) is 4.01. The van der Waals surface area contributed by atoms with Gasteiger partial charge in [-0.2, -0.15) is 0 Å². The second-order valence-corrected chi connectivity index (χ2v) is 6.70. The molecule has 0 radical (unpaired) electrons. The number of carbonyl (C=O) groups is 1. The molecule has 2 nitrogen and oxygen atoms in total. The zero-order valence-electron chi connectivity index (χ0n) is 12.1. The lowest BCUT2D eigenvalue weighted by Crippen LogP contribution is -2.11. The van der Waals surface area contributed by atoms with E-state index in [1.54, 1.807) is 6.20 Å². The first-order chi connectivity index (χ1) is 9.47. The fourth-order valence-corrected chi connectivity index (χ4v) is 2.57. The molecule has 0 bridgehead atoms. The zero-order chi connectivity index (χ0) is 14.6. The van der Waals surface area contributed by atoms with Gasteiger partial charge in [-0.05, 0) is 23.1 Å². The van der Waals surface area contributed by atoms with E-state index in [0.29, 0.717) is 5.75 Å². The molecule has 0 unspecified atom stereocenters. The van der Waals surface area contributed by atoms with Crippen LogP contribution in [0.5, 0.6) is 0 Å². The zero-order valence-corrected chi connectivity index (χ0v) is 12.9. The van der Waals surface area contributed by atoms with Gasteiger partial charge in [0.1, 0.15) is 0 Å². The van der Waals surface area contributed by atoms with Crippen molar-refractivity contribution in [3.05, 3.63) is 59.8 Å². The van der Waals surface area contributed by atoms with Gasteiger partial charge in [-0.3, -0.25) is 4.79 Å². The molecular formula is C17H19NOS. The summed E-state index contributed by atoms with van der Waals surface area (Å²) in [5.74, 6) is 0.562. The molecule has 2 aromatic rings. The number of thioether (sulfide) groups is 1. The average Bonchev–Trinajstić information content (AvgIpc) is 2.45. The van der Waals surface area contributed by atoms with Crippen molar-refractivity contribution in [2.75, 3.05) is 5.75 Å². The maximum atomic E-state index is 12.1. The number of benzene rings is 1. The molecule has 1 aromatic carbocycles. The predicted octanol–water partition coefficient (Wildman–Crippen LogP) is 4.35. The average molecular weight is 285 g/mol. The van der Waals surface area contributed by atoms with E-state index >= 15 is 0 Å². The van der Waals surface area contributed by atoms with Gasteiger partial charge >= 0.3 is 0 Å². The number of aromatic nitrogens is 1. The fraction of sp³-hybridized carbons (Fsp3) is 0.294. The summed E-state index contributed by atoms with van der Waals surface area (Å²) in [7, 11) is 0. The van der Waals surface area contributed by atoms with Crippen molar-refractivity contribution in [1.82, 2.24) is 4.98 Å². The second-order valence-electron chi connectivity index (χ2n) is 5.71. The summed E-state index contributed by atoms with van der Waals surface area (Å²) < 4.78 is 0. The molecule has 104 valence electrons. The normalized spacial score (nSPS) is 11.3. The van der Waals surface area contributed by atoms with E-state index in [2.05, 4.69) is 25.8 Å². The predicted molar refractivity (Wildman–Crippen MR) is 84.4 cm³/mol. The number of hydrogen-bond acceptors (Lipinski definition) is 3. The first-order valence-electron chi connectivity index (χ1n) is 6.64. The summed E-state index contributed by atoms with van der Waals surface area (Å²) in [5.41, 5.74) is 2.12. The summed E-state index contributed by atoms with van der Waals surface area (Å²) in [6.45, 7) is 6.50. The van der Waals surface area contributed by atoms with Gasteiger partial charge in [0.15, 0.2) is 5.78 Å². The molecule has 0 fully saturated rings. The lowest BCUT2D eigenvalue weighted by molar-refractivity contribution is 0.102. The number of Topliss-reactive ketones (excluding diaryl/α,β-unsaturated/α-hetero) is 1. The Morgan fingerprint density at radius 2 is 1.80 bits per heavy atom. The van der Waals surface area contributed by atoms with Crippen LogP contribution >= 0.6 is 11.8 Å². The van der Waals surface area contributed by atoms with Crippen LogP contribution in [-0.2, 0) is 5.41 Å². The van der Waals surface area contributed by atoms with E-state index in [4.69, 9.17) is 0 Å². The van der Waals surface area contributed by atoms with Gasteiger partial charge in [-0.25, -0.2) is 4.98 Å². The van der Waals surface area contributed by atoms with E-state index in [9.17, 15) is 4.79 Å². The Hall–Kier alpha value is -1.61. The highest BCUT2D eigenvalue weighted by molar-refractivity contribution is 7.99. The highest BCUT2D eigenvalue weighted by atomic mass is 32.2. The van der Waals surface area contributed by atoms with Crippen LogP contribution in [0.1, 0.15) is 36.7 Å². The molecule has 0 spiro atoms. The molecule has 0 saturated heterocycles. The van der Waals surface area contributed by atoms with Crippen LogP contribution in [0, 0.1) is 0 Å². The lowest BCUT2D eigenvalue weighted by Gasteiger charge is -2.18. The lowest BCUT2D eigenvalue weighted by atomic mass is 9.86. The molecule has 1 heterocycles. The number of ketones is 1. The quantitative estimate of drug-likeness (QED) is 0.618. The van der Waals surface area contributed by atoms with Gasteiger partial charge < -0.3 is 0 Å². The smallest absolute Gasteiger partial charge is 0.173 e. The largest absolute Gasteiger partial charge is 0.293 e. The molecule has 20 heavy (non-hydrogen) atoms. The first-order valence-corrected chi connectivity index (χ1v) is 7.63. The topological polar surface area (TPSA) is 30.0 Å². The van der Waals surface area contributed by atoms with Gasteiger partial charge in [0.25, 0.3) is 0 Å². The minimum Gasteiger partial charge on any atom is -0.293 e. The molecule has 2 rings (SSSR count). The third-order valence-electron chi connectivity index (χ3n) is 3.06. The molecule has 0 amide bonds. The van der Waals surface area contributed by atoms with E-state index in [0.717, 1.165) is 10.6 Å². The van der Waals surface area contributed by atoms with Crippen LogP contribution < -0.4 is 0 Å². The molecule has 0 aliphatic carbocycles. The molecular weight excluding hydrogens is 266 g/mol. The summed E-state index contributed by atoms with van der Waals surface area (Å²) in [5, 5.41) is 0.882. The standard InChI is InChI=1S/C17H19NOS/c1-17(2,3)14-9-7-13(8-10-14)15(19)12-20-16-6-4-5-11-18-16/h4-11H,12H2,1-3H3. The van der Waals surface area contributed by atoms with Crippen LogP contribution in [0.15, 0.2) is 53.7 Å². The van der Waals surface area contributed by atoms with Crippen LogP contribution in [-0.4, -0.2) is 16.5 Å². The van der Waals surface area contributed by atoms with Gasteiger partial charge in [0.05, 0.1) is 10.8 Å². The summed E-state index contributed by atoms with van der Waals surface area (Å²) in [6.07, 6.45) is 1.74. The molecule has 0 aliphatic heterocycles. The Kier molecular flexibility index (Phi) is 4.61. The van der Waals surface area contributed by atoms with E-state index in [1.165, 1.54) is 17.3 Å². The van der Waals surface area contributed by atoms with Gasteiger partial charge in [0.2, 0.25) is 0 Å². The fourth-order valence-electron chi connectivity index (χ4n) is 1.81. The molecule has 0 saturated carbocycles. The van der Waals surface area contributed by atoms with Crippen molar-refractivity contribution in [2.45, 2.75) is 31.2 Å². The number of hydrogen-bond donors (Lipinski definition) is 0. The monoisotopic (exact) mass is 285 g/mol. The van der Waals surface area contributed by atoms with Crippen molar-refractivity contribution in [3.63, 3.8) is 0 Å². The van der Waals surface area contributed by atoms with Crippen molar-refractivity contribution < 1.29 is 4.79 Å². The number of pyridine rings is 1. The molecule has 3 heteroatoms.